The highest BCUT2D eigenvalue weighted by Crippen LogP contribution is 2.40. The van der Waals surface area contributed by atoms with Crippen LogP contribution in [0.4, 0.5) is 0 Å². The third-order valence-electron chi connectivity index (χ3n) is 5.68. The van der Waals surface area contributed by atoms with Crippen LogP contribution in [0.2, 0.25) is 0 Å². The van der Waals surface area contributed by atoms with Crippen molar-refractivity contribution in [3.63, 3.8) is 0 Å². The Hall–Kier alpha value is -2.90. The molecule has 1 amide bonds. The first-order valence-electron chi connectivity index (χ1n) is 9.52. The molecule has 0 bridgehead atoms. The van der Waals surface area contributed by atoms with E-state index in [9.17, 15) is 9.59 Å². The quantitative estimate of drug-likeness (QED) is 0.804. The molecule has 1 spiro atoms. The molecule has 148 valence electrons. The predicted molar refractivity (Wildman–Crippen MR) is 100 cm³/mol. The molecule has 1 fully saturated rings. The van der Waals surface area contributed by atoms with Gasteiger partial charge in [0.1, 0.15) is 29.8 Å². The van der Waals surface area contributed by atoms with E-state index in [4.69, 9.17) is 9.47 Å². The maximum Gasteiger partial charge on any atom is 0.224 e. The summed E-state index contributed by atoms with van der Waals surface area (Å²) < 4.78 is 13.2. The molecule has 28 heavy (non-hydrogen) atoms. The fourth-order valence-electron chi connectivity index (χ4n) is 3.96. The monoisotopic (exact) mass is 384 g/mol. The van der Waals surface area contributed by atoms with E-state index in [0.29, 0.717) is 55.8 Å². The van der Waals surface area contributed by atoms with Gasteiger partial charge in [-0.05, 0) is 19.1 Å². The summed E-state index contributed by atoms with van der Waals surface area (Å²) in [6.07, 6.45) is 5.09. The van der Waals surface area contributed by atoms with Gasteiger partial charge in [-0.3, -0.25) is 9.59 Å². The first-order valence-corrected chi connectivity index (χ1v) is 9.52. The maximum absolute atomic E-state index is 12.7. The number of carbonyl (C=O) groups excluding carboxylic acids is 2. The second-order valence-electron chi connectivity index (χ2n) is 7.56. The zero-order valence-electron chi connectivity index (χ0n) is 16.1. The molecule has 2 aliphatic heterocycles. The van der Waals surface area contributed by atoms with Crippen molar-refractivity contribution in [1.82, 2.24) is 19.7 Å². The number of carbonyl (C=O) groups is 2. The standard InChI is InChI=1S/C20H24N4O4/c1-14(24-13-21-12-22-24)9-19(26)23-7-5-20(6-8-23)11-17(25)16-4-3-15(27-2)10-18(16)28-20/h3-4,10,12-14H,5-9,11H2,1-2H3/t14-/m1/s1. The number of nitrogens with zero attached hydrogens (tertiary/aromatic N) is 4. The summed E-state index contributed by atoms with van der Waals surface area (Å²) >= 11 is 0. The van der Waals surface area contributed by atoms with Crippen LogP contribution in [-0.4, -0.2) is 57.2 Å². The van der Waals surface area contributed by atoms with Crippen molar-refractivity contribution >= 4 is 11.7 Å². The average Bonchev–Trinajstić information content (AvgIpc) is 3.23. The summed E-state index contributed by atoms with van der Waals surface area (Å²) in [4.78, 5) is 31.1. The van der Waals surface area contributed by atoms with Crippen molar-refractivity contribution in [1.29, 1.82) is 0 Å². The number of ether oxygens (including phenoxy) is 2. The van der Waals surface area contributed by atoms with Gasteiger partial charge in [0, 0.05) is 38.4 Å². The number of hydrogen-bond acceptors (Lipinski definition) is 6. The fourth-order valence-corrected chi connectivity index (χ4v) is 3.96. The first kappa shape index (κ1) is 18.5. The Bertz CT molecular complexity index is 872. The lowest BCUT2D eigenvalue weighted by Gasteiger charge is -2.44. The molecular weight excluding hydrogens is 360 g/mol. The van der Waals surface area contributed by atoms with E-state index in [2.05, 4.69) is 10.1 Å². The van der Waals surface area contributed by atoms with Crippen molar-refractivity contribution in [3.8, 4) is 11.5 Å². The number of aromatic nitrogens is 3. The SMILES string of the molecule is COc1ccc2c(c1)OC1(CCN(C(=O)C[C@@H](C)n3cncn3)CC1)CC2=O. The minimum atomic E-state index is -0.537. The maximum atomic E-state index is 12.7. The number of fused-ring (bicyclic) bond motifs is 1. The van der Waals surface area contributed by atoms with Crippen LogP contribution in [-0.2, 0) is 4.79 Å². The topological polar surface area (TPSA) is 86.6 Å². The molecule has 4 rings (SSSR count). The van der Waals surface area contributed by atoms with E-state index < -0.39 is 5.60 Å². The van der Waals surface area contributed by atoms with Crippen LogP contribution >= 0.6 is 0 Å². The van der Waals surface area contributed by atoms with Crippen LogP contribution < -0.4 is 9.47 Å². The normalized spacial score (nSPS) is 19.1. The van der Waals surface area contributed by atoms with Gasteiger partial charge in [0.25, 0.3) is 0 Å². The molecule has 8 nitrogen and oxygen atoms in total. The number of amides is 1. The zero-order chi connectivity index (χ0) is 19.7. The Morgan fingerprint density at radius 2 is 2.14 bits per heavy atom. The molecule has 1 atom stereocenters. The Labute approximate surface area is 163 Å². The van der Waals surface area contributed by atoms with Gasteiger partial charge in [0.05, 0.1) is 25.1 Å². The number of hydrogen-bond donors (Lipinski definition) is 0. The van der Waals surface area contributed by atoms with E-state index in [1.807, 2.05) is 11.8 Å². The number of Topliss-reactive ketones (excluding diaryl/α,β-unsaturated/α-hetero) is 1. The van der Waals surface area contributed by atoms with Gasteiger partial charge in [0.15, 0.2) is 5.78 Å². The van der Waals surface area contributed by atoms with Gasteiger partial charge in [-0.25, -0.2) is 9.67 Å². The van der Waals surface area contributed by atoms with Crippen molar-refractivity contribution in [3.05, 3.63) is 36.4 Å². The van der Waals surface area contributed by atoms with E-state index in [1.165, 1.54) is 6.33 Å². The summed E-state index contributed by atoms with van der Waals surface area (Å²) in [5.74, 6) is 1.42. The van der Waals surface area contributed by atoms with Crippen molar-refractivity contribution < 1.29 is 19.1 Å². The van der Waals surface area contributed by atoms with Crippen LogP contribution in [0.3, 0.4) is 0 Å². The molecule has 0 unspecified atom stereocenters. The van der Waals surface area contributed by atoms with Gasteiger partial charge in [-0.2, -0.15) is 5.10 Å². The first-order chi connectivity index (χ1) is 13.5. The van der Waals surface area contributed by atoms with E-state index in [0.717, 1.165) is 0 Å². The second-order valence-corrected chi connectivity index (χ2v) is 7.56. The Kier molecular flexibility index (Phi) is 4.78. The van der Waals surface area contributed by atoms with Crippen LogP contribution in [0, 0.1) is 0 Å². The second kappa shape index (κ2) is 7.26. The van der Waals surface area contributed by atoms with Gasteiger partial charge in [0.2, 0.25) is 5.91 Å². The third kappa shape index (κ3) is 3.46. The van der Waals surface area contributed by atoms with Gasteiger partial charge >= 0.3 is 0 Å². The summed E-state index contributed by atoms with van der Waals surface area (Å²) in [5, 5.41) is 4.09. The molecule has 0 saturated carbocycles. The number of ketones is 1. The van der Waals surface area contributed by atoms with Gasteiger partial charge in [-0.1, -0.05) is 0 Å². The number of methoxy groups -OCH3 is 1. The summed E-state index contributed by atoms with van der Waals surface area (Å²) in [6.45, 7) is 3.11. The zero-order valence-corrected chi connectivity index (χ0v) is 16.1. The number of likely N-dealkylation sites (tertiary alicyclic amines) is 1. The van der Waals surface area contributed by atoms with Gasteiger partial charge in [-0.15, -0.1) is 0 Å². The molecule has 2 aliphatic rings. The minimum Gasteiger partial charge on any atom is -0.497 e. The van der Waals surface area contributed by atoms with Crippen LogP contribution in [0.1, 0.15) is 49.0 Å². The Morgan fingerprint density at radius 3 is 2.82 bits per heavy atom. The highest BCUT2D eigenvalue weighted by molar-refractivity contribution is 6.00. The van der Waals surface area contributed by atoms with Crippen molar-refractivity contribution in [2.45, 2.75) is 44.2 Å². The lowest BCUT2D eigenvalue weighted by atomic mass is 9.82. The Balaban J connectivity index is 1.40. The molecule has 1 aromatic carbocycles. The average molecular weight is 384 g/mol. The highest BCUT2D eigenvalue weighted by Gasteiger charge is 2.43. The molecule has 1 aromatic heterocycles. The third-order valence-corrected chi connectivity index (χ3v) is 5.68. The number of rotatable bonds is 4. The number of piperidine rings is 1. The molecule has 2 aromatic rings. The summed E-state index contributed by atoms with van der Waals surface area (Å²) in [5.41, 5.74) is 0.0664. The van der Waals surface area contributed by atoms with Crippen LogP contribution in [0.25, 0.3) is 0 Å². The molecule has 0 aliphatic carbocycles. The largest absolute Gasteiger partial charge is 0.497 e. The van der Waals surface area contributed by atoms with Crippen LogP contribution in [0.5, 0.6) is 11.5 Å². The number of benzene rings is 1. The molecular formula is C20H24N4O4. The van der Waals surface area contributed by atoms with E-state index in [-0.39, 0.29) is 17.7 Å². The highest BCUT2D eigenvalue weighted by atomic mass is 16.5. The van der Waals surface area contributed by atoms with E-state index in [1.54, 1.807) is 36.3 Å². The minimum absolute atomic E-state index is 0.0438. The lowest BCUT2D eigenvalue weighted by Crippen LogP contribution is -2.52. The summed E-state index contributed by atoms with van der Waals surface area (Å²) in [7, 11) is 1.59. The molecule has 8 heteroatoms. The van der Waals surface area contributed by atoms with E-state index >= 15 is 0 Å². The fraction of sp³-hybridized carbons (Fsp3) is 0.500. The molecule has 3 heterocycles. The van der Waals surface area contributed by atoms with Gasteiger partial charge < -0.3 is 14.4 Å². The predicted octanol–water partition coefficient (Wildman–Crippen LogP) is 2.26. The van der Waals surface area contributed by atoms with Crippen molar-refractivity contribution in [2.75, 3.05) is 20.2 Å². The Morgan fingerprint density at radius 1 is 1.36 bits per heavy atom. The molecule has 0 radical (unpaired) electrons. The summed E-state index contributed by atoms with van der Waals surface area (Å²) in [6, 6.07) is 5.26. The smallest absolute Gasteiger partial charge is 0.224 e. The van der Waals surface area contributed by atoms with Crippen LogP contribution in [0.15, 0.2) is 30.9 Å². The molecule has 0 N–H and O–H groups in total. The lowest BCUT2D eigenvalue weighted by molar-refractivity contribution is -0.135. The van der Waals surface area contributed by atoms with Crippen molar-refractivity contribution in [2.24, 2.45) is 0 Å². The molecule has 1 saturated heterocycles.